The van der Waals surface area contributed by atoms with Crippen LogP contribution in [0.3, 0.4) is 0 Å². The van der Waals surface area contributed by atoms with Crippen LogP contribution >= 0.6 is 15.9 Å². The molecule has 1 aromatic heterocycles. The lowest BCUT2D eigenvalue weighted by molar-refractivity contribution is 0.0443. The van der Waals surface area contributed by atoms with E-state index >= 15 is 0 Å². The van der Waals surface area contributed by atoms with Gasteiger partial charge in [0.1, 0.15) is 0 Å². The molecule has 60 valence electrons. The fraction of sp³-hybridized carbons (Fsp3) is 0. The largest absolute Gasteiger partial charge is 0.386 e. The molecule has 1 aliphatic rings. The van der Waals surface area contributed by atoms with Gasteiger partial charge in [0.25, 0.3) is 0 Å². The Morgan fingerprint density at radius 3 is 2.67 bits per heavy atom. The number of rotatable bonds is 0. The normalized spacial score (nSPS) is 14.4. The second kappa shape index (κ2) is 2.38. The number of halogens is 1. The third kappa shape index (κ3) is 0.863. The first-order valence-electron chi connectivity index (χ1n) is 3.10. The molecule has 0 N–H and O–H groups in total. The minimum Gasteiger partial charge on any atom is -0.386 e. The summed E-state index contributed by atoms with van der Waals surface area (Å²) in [5.74, 6) is -1.26. The van der Waals surface area contributed by atoms with Gasteiger partial charge in [0, 0.05) is 12.4 Å². The van der Waals surface area contributed by atoms with Crippen molar-refractivity contribution in [1.29, 1.82) is 0 Å². The Labute approximate surface area is 75.7 Å². The molecule has 0 spiro atoms. The van der Waals surface area contributed by atoms with E-state index in [0.717, 1.165) is 0 Å². The summed E-state index contributed by atoms with van der Waals surface area (Å²) in [6.07, 6.45) is 2.76. The summed E-state index contributed by atoms with van der Waals surface area (Å²) in [5.41, 5.74) is 0.476. The van der Waals surface area contributed by atoms with E-state index in [1.807, 2.05) is 0 Å². The summed E-state index contributed by atoms with van der Waals surface area (Å²) in [7, 11) is 0. The highest BCUT2D eigenvalue weighted by Gasteiger charge is 2.31. The van der Waals surface area contributed by atoms with E-state index in [0.29, 0.717) is 4.47 Å². The molecule has 0 unspecified atom stereocenters. The molecule has 0 aliphatic carbocycles. The van der Waals surface area contributed by atoms with E-state index in [9.17, 15) is 9.59 Å². The predicted octanol–water partition coefficient (Wildman–Crippen LogP) is 1.15. The van der Waals surface area contributed by atoms with Crippen molar-refractivity contribution >= 4 is 27.9 Å². The minimum absolute atomic E-state index is 0.217. The number of hydrogen-bond donors (Lipinski definition) is 0. The standard InChI is InChI=1S/C7H2BrNO3/c8-4-2-9-1-3-5(4)7(11)12-6(3)10/h1-2H. The van der Waals surface area contributed by atoms with Gasteiger partial charge in [-0.2, -0.15) is 0 Å². The van der Waals surface area contributed by atoms with Gasteiger partial charge >= 0.3 is 11.9 Å². The van der Waals surface area contributed by atoms with Crippen molar-refractivity contribution in [1.82, 2.24) is 4.98 Å². The molecule has 5 heteroatoms. The lowest BCUT2D eigenvalue weighted by Crippen LogP contribution is -1.97. The van der Waals surface area contributed by atoms with Gasteiger partial charge in [-0.3, -0.25) is 4.98 Å². The highest BCUT2D eigenvalue weighted by Crippen LogP contribution is 2.25. The number of hydrogen-bond acceptors (Lipinski definition) is 4. The van der Waals surface area contributed by atoms with Gasteiger partial charge < -0.3 is 4.74 Å². The first kappa shape index (κ1) is 7.42. The maximum Gasteiger partial charge on any atom is 0.348 e. The Bertz CT molecular complexity index is 388. The van der Waals surface area contributed by atoms with Crippen molar-refractivity contribution in [2.45, 2.75) is 0 Å². The number of nitrogens with zero attached hydrogens (tertiary/aromatic N) is 1. The summed E-state index contributed by atoms with van der Waals surface area (Å²) >= 11 is 3.10. The SMILES string of the molecule is O=C1OC(=O)c2c(Br)cncc21. The van der Waals surface area contributed by atoms with Gasteiger partial charge in [0.15, 0.2) is 0 Å². The van der Waals surface area contributed by atoms with Crippen molar-refractivity contribution in [2.75, 3.05) is 0 Å². The van der Waals surface area contributed by atoms with Gasteiger partial charge in [-0.05, 0) is 15.9 Å². The maximum atomic E-state index is 11.0. The summed E-state index contributed by atoms with van der Waals surface area (Å²) in [6.45, 7) is 0. The van der Waals surface area contributed by atoms with E-state index in [1.165, 1.54) is 12.4 Å². The van der Waals surface area contributed by atoms with Gasteiger partial charge in [-0.1, -0.05) is 0 Å². The van der Waals surface area contributed by atoms with Crippen molar-refractivity contribution in [2.24, 2.45) is 0 Å². The fourth-order valence-corrected chi connectivity index (χ4v) is 1.48. The number of pyridine rings is 1. The molecule has 4 nitrogen and oxygen atoms in total. The van der Waals surface area contributed by atoms with Crippen molar-refractivity contribution < 1.29 is 14.3 Å². The van der Waals surface area contributed by atoms with E-state index in [1.54, 1.807) is 0 Å². The number of aromatic nitrogens is 1. The van der Waals surface area contributed by atoms with Crippen LogP contribution in [0.25, 0.3) is 0 Å². The topological polar surface area (TPSA) is 56.3 Å². The predicted molar refractivity (Wildman–Crippen MR) is 41.7 cm³/mol. The van der Waals surface area contributed by atoms with Gasteiger partial charge in [-0.25, -0.2) is 9.59 Å². The molecule has 0 aromatic carbocycles. The van der Waals surface area contributed by atoms with Crippen LogP contribution in [0.1, 0.15) is 20.7 Å². The molecule has 2 heterocycles. The smallest absolute Gasteiger partial charge is 0.348 e. The second-order valence-corrected chi connectivity index (χ2v) is 3.08. The van der Waals surface area contributed by atoms with Crippen LogP contribution in [0.15, 0.2) is 16.9 Å². The number of fused-ring (bicyclic) bond motifs is 1. The average molecular weight is 228 g/mol. The number of carbonyl (C=O) groups excluding carboxylic acids is 2. The third-order valence-electron chi connectivity index (χ3n) is 1.51. The third-order valence-corrected chi connectivity index (χ3v) is 2.11. The molecule has 0 atom stereocenters. The van der Waals surface area contributed by atoms with Crippen LogP contribution in [-0.4, -0.2) is 16.9 Å². The first-order valence-corrected chi connectivity index (χ1v) is 3.89. The van der Waals surface area contributed by atoms with Crippen LogP contribution in [-0.2, 0) is 4.74 Å². The van der Waals surface area contributed by atoms with Crippen LogP contribution < -0.4 is 0 Å². The number of cyclic esters (lactones) is 2. The quantitative estimate of drug-likeness (QED) is 0.493. The van der Waals surface area contributed by atoms with Gasteiger partial charge in [0.2, 0.25) is 0 Å². The molecule has 1 aliphatic heterocycles. The van der Waals surface area contributed by atoms with E-state index in [2.05, 4.69) is 25.7 Å². The van der Waals surface area contributed by atoms with Gasteiger partial charge in [-0.15, -0.1) is 0 Å². The molecule has 2 rings (SSSR count). The molecule has 0 saturated heterocycles. The molecule has 1 aromatic rings. The number of esters is 2. The molecule has 12 heavy (non-hydrogen) atoms. The van der Waals surface area contributed by atoms with E-state index < -0.39 is 11.9 Å². The molecule has 0 bridgehead atoms. The molecule has 0 radical (unpaired) electrons. The Hall–Kier alpha value is -1.23. The summed E-state index contributed by atoms with van der Waals surface area (Å²) in [6, 6.07) is 0. The monoisotopic (exact) mass is 227 g/mol. The molecule has 0 amide bonds. The minimum atomic E-state index is -0.635. The van der Waals surface area contributed by atoms with E-state index in [4.69, 9.17) is 0 Å². The van der Waals surface area contributed by atoms with Crippen LogP contribution in [0.2, 0.25) is 0 Å². The van der Waals surface area contributed by atoms with Crippen LogP contribution in [0.4, 0.5) is 0 Å². The zero-order chi connectivity index (χ0) is 8.72. The second-order valence-electron chi connectivity index (χ2n) is 2.22. The maximum absolute atomic E-state index is 11.0. The Morgan fingerprint density at radius 1 is 1.25 bits per heavy atom. The zero-order valence-corrected chi connectivity index (χ0v) is 7.29. The highest BCUT2D eigenvalue weighted by molar-refractivity contribution is 9.10. The summed E-state index contributed by atoms with van der Waals surface area (Å²) < 4.78 is 4.85. The number of carbonyl (C=O) groups is 2. The Morgan fingerprint density at radius 2 is 2.00 bits per heavy atom. The van der Waals surface area contributed by atoms with E-state index in [-0.39, 0.29) is 11.1 Å². The highest BCUT2D eigenvalue weighted by atomic mass is 79.9. The first-order chi connectivity index (χ1) is 5.70. The summed E-state index contributed by atoms with van der Waals surface area (Å²) in [4.78, 5) is 25.7. The van der Waals surface area contributed by atoms with Crippen LogP contribution in [0, 0.1) is 0 Å². The molecular formula is C7H2BrNO3. The van der Waals surface area contributed by atoms with Crippen molar-refractivity contribution in [3.8, 4) is 0 Å². The van der Waals surface area contributed by atoms with Crippen LogP contribution in [0.5, 0.6) is 0 Å². The lowest BCUT2D eigenvalue weighted by Gasteiger charge is -1.92. The van der Waals surface area contributed by atoms with Crippen molar-refractivity contribution in [3.63, 3.8) is 0 Å². The molecule has 0 fully saturated rings. The van der Waals surface area contributed by atoms with Gasteiger partial charge in [0.05, 0.1) is 15.6 Å². The Kier molecular flexibility index (Phi) is 1.47. The average Bonchev–Trinajstić information content (AvgIpc) is 2.29. The Balaban J connectivity index is 2.75. The summed E-state index contributed by atoms with van der Waals surface area (Å²) in [5, 5.41) is 0. The van der Waals surface area contributed by atoms with Crippen molar-refractivity contribution in [3.05, 3.63) is 28.0 Å². The fourth-order valence-electron chi connectivity index (χ4n) is 0.987. The lowest BCUT2D eigenvalue weighted by atomic mass is 10.2. The molecule has 0 saturated carbocycles. The molecular weight excluding hydrogens is 226 g/mol. The zero-order valence-electron chi connectivity index (χ0n) is 5.70. The number of ether oxygens (including phenoxy) is 1.